The van der Waals surface area contributed by atoms with Gasteiger partial charge < -0.3 is 5.32 Å². The average molecular weight is 382 g/mol. The van der Waals surface area contributed by atoms with E-state index in [1.165, 1.54) is 59.1 Å². The van der Waals surface area contributed by atoms with Crippen LogP contribution in [0.2, 0.25) is 5.02 Å². The van der Waals surface area contributed by atoms with Crippen LogP contribution in [0.15, 0.2) is 47.5 Å². The van der Waals surface area contributed by atoms with Gasteiger partial charge in [0.1, 0.15) is 11.6 Å². The van der Waals surface area contributed by atoms with Gasteiger partial charge in [-0.2, -0.15) is 0 Å². The third-order valence-electron chi connectivity index (χ3n) is 3.44. The maximum Gasteiger partial charge on any atom is 0.332 e. The first-order valence-electron chi connectivity index (χ1n) is 7.47. The van der Waals surface area contributed by atoms with E-state index < -0.39 is 17.7 Å². The second-order valence-corrected chi connectivity index (χ2v) is 7.24. The summed E-state index contributed by atoms with van der Waals surface area (Å²) in [4.78, 5) is 18.5. The number of thioether (sulfide) groups is 1. The Balaban J connectivity index is 1.89. The molecule has 3 rings (SSSR count). The van der Waals surface area contributed by atoms with Gasteiger partial charge in [0.25, 0.3) is 0 Å². The number of amides is 2. The van der Waals surface area contributed by atoms with E-state index in [1.807, 2.05) is 6.92 Å². The van der Waals surface area contributed by atoms with Crippen molar-refractivity contribution in [3.8, 4) is 0 Å². The van der Waals surface area contributed by atoms with Crippen LogP contribution in [0.1, 0.15) is 6.92 Å². The number of halogens is 3. The van der Waals surface area contributed by atoms with E-state index in [2.05, 4.69) is 10.3 Å². The van der Waals surface area contributed by atoms with Crippen LogP contribution < -0.4 is 10.2 Å². The first kappa shape index (κ1) is 17.7. The van der Waals surface area contributed by atoms with E-state index >= 15 is 0 Å². The first-order valence-corrected chi connectivity index (χ1v) is 8.72. The molecule has 2 aromatic carbocycles. The zero-order valence-corrected chi connectivity index (χ0v) is 14.7. The van der Waals surface area contributed by atoms with Crippen molar-refractivity contribution in [1.29, 1.82) is 0 Å². The molecule has 1 aliphatic rings. The van der Waals surface area contributed by atoms with E-state index in [1.54, 1.807) is 0 Å². The summed E-state index contributed by atoms with van der Waals surface area (Å²) in [6.45, 7) is 2.59. The molecule has 4 nitrogen and oxygen atoms in total. The van der Waals surface area contributed by atoms with Gasteiger partial charge in [0, 0.05) is 10.9 Å². The molecule has 0 saturated heterocycles. The molecule has 1 aliphatic heterocycles. The van der Waals surface area contributed by atoms with Crippen molar-refractivity contribution in [1.82, 2.24) is 0 Å². The summed E-state index contributed by atoms with van der Waals surface area (Å²) in [5, 5.41) is 3.33. The number of rotatable bonds is 2. The number of hydrogen-bond donors (Lipinski definition) is 1. The van der Waals surface area contributed by atoms with Crippen LogP contribution in [-0.4, -0.2) is 23.0 Å². The van der Waals surface area contributed by atoms with Crippen LogP contribution >= 0.6 is 23.4 Å². The van der Waals surface area contributed by atoms with Crippen LogP contribution in [0.3, 0.4) is 0 Å². The Hall–Kier alpha value is -2.12. The molecular weight excluding hydrogens is 368 g/mol. The standard InChI is InChI=1S/C17H14ClF2N3OS/c1-10-9-21-17(25-10)23(13-5-2-11(19)3-6-13)16(24)22-12-4-7-15(20)14(18)8-12/h2-8,10H,9H2,1H3,(H,22,24)/t10-/m1/s1. The van der Waals surface area contributed by atoms with Gasteiger partial charge in [0.2, 0.25) is 0 Å². The summed E-state index contributed by atoms with van der Waals surface area (Å²) < 4.78 is 26.5. The van der Waals surface area contributed by atoms with Crippen LogP contribution in [-0.2, 0) is 0 Å². The predicted octanol–water partition coefficient (Wildman–Crippen LogP) is 5.15. The highest BCUT2D eigenvalue weighted by Crippen LogP contribution is 2.28. The molecule has 0 unspecified atom stereocenters. The molecule has 0 aromatic heterocycles. The van der Waals surface area contributed by atoms with Gasteiger partial charge in [0.05, 0.1) is 17.3 Å². The summed E-state index contributed by atoms with van der Waals surface area (Å²) >= 11 is 7.20. The largest absolute Gasteiger partial charge is 0.332 e. The number of benzene rings is 2. The van der Waals surface area contributed by atoms with Crippen LogP contribution in [0, 0.1) is 11.6 Å². The van der Waals surface area contributed by atoms with Crippen molar-refractivity contribution in [2.75, 3.05) is 16.8 Å². The molecule has 2 amide bonds. The van der Waals surface area contributed by atoms with Crippen molar-refractivity contribution in [3.63, 3.8) is 0 Å². The minimum atomic E-state index is -0.570. The smallest absolute Gasteiger partial charge is 0.307 e. The SMILES string of the molecule is C[C@@H]1CN=C(N(C(=O)Nc2ccc(F)c(Cl)c2)c2ccc(F)cc2)S1. The summed E-state index contributed by atoms with van der Waals surface area (Å²) in [5.41, 5.74) is 0.826. The number of amidine groups is 1. The summed E-state index contributed by atoms with van der Waals surface area (Å²) in [7, 11) is 0. The molecule has 1 N–H and O–H groups in total. The molecule has 8 heteroatoms. The maximum absolute atomic E-state index is 13.3. The first-order chi connectivity index (χ1) is 11.9. The molecule has 2 aromatic rings. The monoisotopic (exact) mass is 381 g/mol. The number of nitrogens with zero attached hydrogens (tertiary/aromatic N) is 2. The van der Waals surface area contributed by atoms with E-state index in [0.29, 0.717) is 23.1 Å². The molecule has 0 aliphatic carbocycles. The topological polar surface area (TPSA) is 44.7 Å². The Bertz CT molecular complexity index is 829. The minimum absolute atomic E-state index is 0.0904. The van der Waals surface area contributed by atoms with Gasteiger partial charge in [-0.3, -0.25) is 4.99 Å². The minimum Gasteiger partial charge on any atom is -0.307 e. The fraction of sp³-hybridized carbons (Fsp3) is 0.176. The fourth-order valence-electron chi connectivity index (χ4n) is 2.24. The lowest BCUT2D eigenvalue weighted by atomic mass is 10.3. The second-order valence-electron chi connectivity index (χ2n) is 5.42. The Morgan fingerprint density at radius 2 is 2.00 bits per heavy atom. The van der Waals surface area contributed by atoms with Crippen molar-refractivity contribution in [2.24, 2.45) is 4.99 Å². The van der Waals surface area contributed by atoms with Crippen LogP contribution in [0.25, 0.3) is 0 Å². The molecular formula is C17H14ClF2N3OS. The number of anilines is 2. The molecule has 0 radical (unpaired) electrons. The number of urea groups is 1. The lowest BCUT2D eigenvalue weighted by molar-refractivity contribution is 0.259. The van der Waals surface area contributed by atoms with E-state index in [9.17, 15) is 13.6 Å². The van der Waals surface area contributed by atoms with Crippen molar-refractivity contribution < 1.29 is 13.6 Å². The van der Waals surface area contributed by atoms with Gasteiger partial charge in [-0.05, 0) is 42.5 Å². The van der Waals surface area contributed by atoms with E-state index in [-0.39, 0.29) is 10.3 Å². The maximum atomic E-state index is 13.3. The Morgan fingerprint density at radius 1 is 1.28 bits per heavy atom. The summed E-state index contributed by atoms with van der Waals surface area (Å²) in [5.74, 6) is -0.969. The second kappa shape index (κ2) is 7.41. The number of carbonyl (C=O) groups is 1. The van der Waals surface area contributed by atoms with Crippen LogP contribution in [0.5, 0.6) is 0 Å². The number of hydrogen-bond acceptors (Lipinski definition) is 3. The summed E-state index contributed by atoms with van der Waals surface area (Å²) in [6, 6.07) is 8.95. The molecule has 0 saturated carbocycles. The molecule has 1 atom stereocenters. The molecule has 0 fully saturated rings. The van der Waals surface area contributed by atoms with Gasteiger partial charge in [-0.1, -0.05) is 30.3 Å². The predicted molar refractivity (Wildman–Crippen MR) is 98.7 cm³/mol. The zero-order valence-electron chi connectivity index (χ0n) is 13.2. The quantitative estimate of drug-likeness (QED) is 0.782. The molecule has 0 bridgehead atoms. The van der Waals surface area contributed by atoms with E-state index in [0.717, 1.165) is 0 Å². The normalized spacial score (nSPS) is 16.5. The highest BCUT2D eigenvalue weighted by molar-refractivity contribution is 8.15. The summed E-state index contributed by atoms with van der Waals surface area (Å²) in [6.07, 6.45) is 0. The number of aliphatic imine (C=N–C) groups is 1. The zero-order chi connectivity index (χ0) is 18.0. The third kappa shape index (κ3) is 4.11. The van der Waals surface area contributed by atoms with E-state index in [4.69, 9.17) is 11.6 Å². The van der Waals surface area contributed by atoms with Crippen molar-refractivity contribution >= 4 is 45.9 Å². The third-order valence-corrected chi connectivity index (χ3v) is 4.80. The van der Waals surface area contributed by atoms with Gasteiger partial charge in [0.15, 0.2) is 5.17 Å². The van der Waals surface area contributed by atoms with Crippen molar-refractivity contribution in [2.45, 2.75) is 12.2 Å². The molecule has 25 heavy (non-hydrogen) atoms. The Labute approximate surface area is 152 Å². The highest BCUT2D eigenvalue weighted by atomic mass is 35.5. The van der Waals surface area contributed by atoms with Gasteiger partial charge in [-0.25, -0.2) is 18.5 Å². The average Bonchev–Trinajstić information content (AvgIpc) is 2.99. The van der Waals surface area contributed by atoms with Crippen molar-refractivity contribution in [3.05, 3.63) is 59.1 Å². The fourth-order valence-corrected chi connectivity index (χ4v) is 3.37. The van der Waals surface area contributed by atoms with Crippen LogP contribution in [0.4, 0.5) is 25.0 Å². The van der Waals surface area contributed by atoms with Gasteiger partial charge in [-0.15, -0.1) is 0 Å². The number of nitrogens with one attached hydrogen (secondary N) is 1. The lowest BCUT2D eigenvalue weighted by Crippen LogP contribution is -2.38. The Morgan fingerprint density at radius 3 is 2.60 bits per heavy atom. The molecule has 1 heterocycles. The lowest BCUT2D eigenvalue weighted by Gasteiger charge is -2.23. The highest BCUT2D eigenvalue weighted by Gasteiger charge is 2.27. The molecule has 130 valence electrons. The molecule has 0 spiro atoms. The Kier molecular flexibility index (Phi) is 5.24. The van der Waals surface area contributed by atoms with Gasteiger partial charge >= 0.3 is 6.03 Å². The number of carbonyl (C=O) groups excluding carboxylic acids is 1.